The zero-order chi connectivity index (χ0) is 22.5. The second-order valence-electron chi connectivity index (χ2n) is 7.90. The fourth-order valence-electron chi connectivity index (χ4n) is 3.99. The molecular weight excluding hydrogens is 398 g/mol. The molecule has 1 aromatic carbocycles. The van der Waals surface area contributed by atoms with Gasteiger partial charge in [-0.25, -0.2) is 4.79 Å². The zero-order valence-corrected chi connectivity index (χ0v) is 18.1. The second-order valence-corrected chi connectivity index (χ2v) is 7.90. The summed E-state index contributed by atoms with van der Waals surface area (Å²) < 4.78 is 5.59. The number of carbonyl (C=O) groups is 1. The number of nitrogens with zero attached hydrogens (tertiary/aromatic N) is 4. The standard InChI is InChI=1S/C22H28N5O4/c1-15-19(14-23)21(17-5-4-6-18(13-17)27(29)30)20(16(2)24-15)22(28)31-12-11-26-9-7-25(3)8-10-26/h4-6,13,21,24,29H,7-12H2,1-3H3/q-1/t21-/m0/s1. The first-order chi connectivity index (χ1) is 14.8. The van der Waals surface area contributed by atoms with Crippen molar-refractivity contribution < 1.29 is 14.7 Å². The van der Waals surface area contributed by atoms with Crippen LogP contribution in [-0.2, 0) is 9.53 Å². The van der Waals surface area contributed by atoms with E-state index in [2.05, 4.69) is 28.2 Å². The van der Waals surface area contributed by atoms with E-state index in [1.54, 1.807) is 26.0 Å². The summed E-state index contributed by atoms with van der Waals surface area (Å²) in [5.41, 5.74) is 2.49. The molecule has 0 saturated carbocycles. The summed E-state index contributed by atoms with van der Waals surface area (Å²) in [6, 6.07) is 8.42. The van der Waals surface area contributed by atoms with Crippen molar-refractivity contribution in [1.82, 2.24) is 15.1 Å². The number of piperazine rings is 1. The van der Waals surface area contributed by atoms with E-state index < -0.39 is 11.9 Å². The smallest absolute Gasteiger partial charge is 0.336 e. The Kier molecular flexibility index (Phi) is 7.30. The van der Waals surface area contributed by atoms with Crippen molar-refractivity contribution in [3.63, 3.8) is 0 Å². The van der Waals surface area contributed by atoms with Crippen LogP contribution in [-0.4, -0.2) is 67.4 Å². The van der Waals surface area contributed by atoms with Crippen molar-refractivity contribution in [3.8, 4) is 6.07 Å². The number of likely N-dealkylation sites (N-methyl/N-ethyl adjacent to an activating group) is 1. The van der Waals surface area contributed by atoms with Gasteiger partial charge in [-0.1, -0.05) is 12.1 Å². The third-order valence-corrected chi connectivity index (χ3v) is 5.76. The molecule has 31 heavy (non-hydrogen) atoms. The largest absolute Gasteiger partial charge is 0.733 e. The molecule has 0 spiro atoms. The molecule has 0 bridgehead atoms. The molecule has 166 valence electrons. The molecular formula is C22H28N5O4-. The first-order valence-corrected chi connectivity index (χ1v) is 10.2. The number of ether oxygens (including phenoxy) is 1. The van der Waals surface area contributed by atoms with Gasteiger partial charge in [-0.15, -0.1) is 0 Å². The van der Waals surface area contributed by atoms with Crippen LogP contribution >= 0.6 is 0 Å². The van der Waals surface area contributed by atoms with E-state index in [0.29, 0.717) is 34.6 Å². The number of nitriles is 1. The van der Waals surface area contributed by atoms with Crippen molar-refractivity contribution >= 4 is 11.7 Å². The van der Waals surface area contributed by atoms with Crippen molar-refractivity contribution in [2.45, 2.75) is 19.8 Å². The van der Waals surface area contributed by atoms with Gasteiger partial charge in [0.05, 0.1) is 28.8 Å². The van der Waals surface area contributed by atoms with Crippen LogP contribution in [0.5, 0.6) is 0 Å². The number of allylic oxidation sites excluding steroid dienone is 3. The highest BCUT2D eigenvalue weighted by atomic mass is 16.8. The SMILES string of the molecule is CC1=C(C#N)[C@H](c2cccc(N([O-])O)c2)C(C(=O)OCCN2CCN(C)CC2)=C(C)N1. The maximum Gasteiger partial charge on any atom is 0.336 e. The highest BCUT2D eigenvalue weighted by molar-refractivity contribution is 5.93. The van der Waals surface area contributed by atoms with Crippen molar-refractivity contribution in [2.75, 3.05) is 51.6 Å². The topological polar surface area (TPSA) is 115 Å². The Bertz CT molecular complexity index is 926. The van der Waals surface area contributed by atoms with Crippen LogP contribution in [0.1, 0.15) is 25.3 Å². The fourth-order valence-corrected chi connectivity index (χ4v) is 3.99. The number of nitrogens with one attached hydrogen (secondary N) is 1. The number of benzene rings is 1. The lowest BCUT2D eigenvalue weighted by Crippen LogP contribution is -2.45. The van der Waals surface area contributed by atoms with Gasteiger partial charge in [-0.2, -0.15) is 5.26 Å². The average Bonchev–Trinajstić information content (AvgIpc) is 2.74. The highest BCUT2D eigenvalue weighted by Gasteiger charge is 2.34. The molecule has 1 atom stereocenters. The maximum atomic E-state index is 13.1. The van der Waals surface area contributed by atoms with Gasteiger partial charge in [0.2, 0.25) is 0 Å². The van der Waals surface area contributed by atoms with Crippen molar-refractivity contribution in [1.29, 1.82) is 5.26 Å². The summed E-state index contributed by atoms with van der Waals surface area (Å²) in [5.74, 6) is -1.19. The van der Waals surface area contributed by atoms with E-state index in [1.165, 1.54) is 12.1 Å². The molecule has 2 aliphatic heterocycles. The summed E-state index contributed by atoms with van der Waals surface area (Å²) in [6.45, 7) is 8.25. The Morgan fingerprint density at radius 2 is 2.03 bits per heavy atom. The van der Waals surface area contributed by atoms with Gasteiger partial charge >= 0.3 is 5.97 Å². The van der Waals surface area contributed by atoms with Crippen LogP contribution in [0.3, 0.4) is 0 Å². The summed E-state index contributed by atoms with van der Waals surface area (Å²) in [5, 5.41) is 33.3. The maximum absolute atomic E-state index is 13.1. The molecule has 0 amide bonds. The third kappa shape index (κ3) is 5.24. The van der Waals surface area contributed by atoms with Crippen LogP contribution in [0.2, 0.25) is 0 Å². The minimum absolute atomic E-state index is 0.0198. The van der Waals surface area contributed by atoms with E-state index in [9.17, 15) is 20.5 Å². The van der Waals surface area contributed by atoms with E-state index in [1.807, 2.05) is 0 Å². The normalized spacial score (nSPS) is 20.3. The molecule has 2 aliphatic rings. The van der Waals surface area contributed by atoms with Crippen LogP contribution < -0.4 is 10.5 Å². The number of dihydropyridines is 1. The quantitative estimate of drug-likeness (QED) is 0.520. The molecule has 9 nitrogen and oxygen atoms in total. The first kappa shape index (κ1) is 22.8. The predicted molar refractivity (Wildman–Crippen MR) is 116 cm³/mol. The van der Waals surface area contributed by atoms with E-state index in [-0.39, 0.29) is 17.5 Å². The van der Waals surface area contributed by atoms with Gasteiger partial charge in [-0.3, -0.25) is 10.1 Å². The van der Waals surface area contributed by atoms with Gasteiger partial charge in [0, 0.05) is 44.1 Å². The van der Waals surface area contributed by atoms with Crippen molar-refractivity contribution in [3.05, 3.63) is 57.6 Å². The minimum Gasteiger partial charge on any atom is -0.733 e. The number of carbonyl (C=O) groups excluding carboxylic acids is 1. The van der Waals surface area contributed by atoms with Crippen LogP contribution in [0.25, 0.3) is 0 Å². The predicted octanol–water partition coefficient (Wildman–Crippen LogP) is 1.93. The molecule has 1 fully saturated rings. The zero-order valence-electron chi connectivity index (χ0n) is 18.1. The van der Waals surface area contributed by atoms with E-state index >= 15 is 0 Å². The molecule has 0 radical (unpaired) electrons. The highest BCUT2D eigenvalue weighted by Crippen LogP contribution is 2.39. The summed E-state index contributed by atoms with van der Waals surface area (Å²) in [7, 11) is 2.09. The number of anilines is 1. The molecule has 2 N–H and O–H groups in total. The lowest BCUT2D eigenvalue weighted by Gasteiger charge is -2.32. The van der Waals surface area contributed by atoms with E-state index in [4.69, 9.17) is 4.74 Å². The summed E-state index contributed by atoms with van der Waals surface area (Å²) in [4.78, 5) is 17.6. The van der Waals surface area contributed by atoms with Crippen LogP contribution in [0, 0.1) is 16.5 Å². The average molecular weight is 426 g/mol. The lowest BCUT2D eigenvalue weighted by molar-refractivity contribution is -0.139. The Labute approximate surface area is 182 Å². The summed E-state index contributed by atoms with van der Waals surface area (Å²) in [6.07, 6.45) is 0. The third-order valence-electron chi connectivity index (χ3n) is 5.76. The lowest BCUT2D eigenvalue weighted by atomic mass is 9.81. The minimum atomic E-state index is -0.692. The number of hydrogen-bond donors (Lipinski definition) is 2. The molecule has 3 rings (SSSR count). The molecule has 1 saturated heterocycles. The van der Waals surface area contributed by atoms with E-state index in [0.717, 1.165) is 26.2 Å². The van der Waals surface area contributed by atoms with Gasteiger partial charge in [0.25, 0.3) is 0 Å². The van der Waals surface area contributed by atoms with Crippen LogP contribution in [0.4, 0.5) is 5.69 Å². The van der Waals surface area contributed by atoms with Gasteiger partial charge in [-0.05, 0) is 38.6 Å². The molecule has 0 unspecified atom stereocenters. The first-order valence-electron chi connectivity index (χ1n) is 10.2. The number of rotatable bonds is 6. The molecule has 0 aromatic heterocycles. The van der Waals surface area contributed by atoms with Gasteiger partial charge in [0.1, 0.15) is 6.61 Å². The van der Waals surface area contributed by atoms with Crippen LogP contribution in [0.15, 0.2) is 46.8 Å². The summed E-state index contributed by atoms with van der Waals surface area (Å²) >= 11 is 0. The molecule has 9 heteroatoms. The Balaban J connectivity index is 1.81. The monoisotopic (exact) mass is 426 g/mol. The Morgan fingerprint density at radius 1 is 1.32 bits per heavy atom. The van der Waals surface area contributed by atoms with Gasteiger partial charge < -0.3 is 25.4 Å². The molecule has 0 aliphatic carbocycles. The Morgan fingerprint density at radius 3 is 2.68 bits per heavy atom. The van der Waals surface area contributed by atoms with Crippen molar-refractivity contribution in [2.24, 2.45) is 0 Å². The second kappa shape index (κ2) is 9.94. The molecule has 1 aromatic rings. The Hall–Kier alpha value is -2.90. The fraction of sp³-hybridized carbons (Fsp3) is 0.455. The number of hydrogen-bond acceptors (Lipinski definition) is 9. The van der Waals surface area contributed by atoms with Gasteiger partial charge in [0.15, 0.2) is 0 Å². The molecule has 2 heterocycles. The number of esters is 1.